The molecule has 1 aliphatic rings. The average Bonchev–Trinajstić information content (AvgIpc) is 3.18. The Kier molecular flexibility index (Phi) is 3.98. The number of halogens is 1. The second-order valence-corrected chi connectivity index (χ2v) is 5.86. The molecule has 2 aromatic rings. The highest BCUT2D eigenvalue weighted by Crippen LogP contribution is 2.28. The fourth-order valence-corrected chi connectivity index (χ4v) is 2.57. The monoisotopic (exact) mass is 351 g/mol. The molecule has 1 fully saturated rings. The Bertz CT molecular complexity index is 668. The largest absolute Gasteiger partial charge is 0.308 e. The van der Waals surface area contributed by atoms with Gasteiger partial charge in [-0.15, -0.1) is 5.10 Å². The zero-order chi connectivity index (χ0) is 14.8. The first-order valence-electron chi connectivity index (χ1n) is 6.67. The van der Waals surface area contributed by atoms with Crippen LogP contribution in [0.3, 0.4) is 0 Å². The van der Waals surface area contributed by atoms with Crippen LogP contribution in [-0.2, 0) is 13.1 Å². The van der Waals surface area contributed by atoms with Gasteiger partial charge in [0.05, 0.1) is 23.4 Å². The van der Waals surface area contributed by atoms with Gasteiger partial charge in [-0.05, 0) is 34.3 Å². The molecule has 110 valence electrons. The molecule has 1 aromatic carbocycles. The van der Waals surface area contributed by atoms with E-state index in [0.29, 0.717) is 23.6 Å². The van der Waals surface area contributed by atoms with Gasteiger partial charge >= 0.3 is 0 Å². The van der Waals surface area contributed by atoms with Crippen LogP contribution in [-0.4, -0.2) is 26.0 Å². The molecule has 1 saturated carbocycles. The summed E-state index contributed by atoms with van der Waals surface area (Å²) in [4.78, 5) is 10.5. The molecule has 0 saturated heterocycles. The molecular weight excluding hydrogens is 338 g/mol. The highest BCUT2D eigenvalue weighted by atomic mass is 79.9. The van der Waals surface area contributed by atoms with Crippen molar-refractivity contribution >= 4 is 21.6 Å². The van der Waals surface area contributed by atoms with Crippen LogP contribution in [0.25, 0.3) is 0 Å². The second-order valence-electron chi connectivity index (χ2n) is 5.07. The number of benzene rings is 1. The second kappa shape index (κ2) is 5.90. The van der Waals surface area contributed by atoms with Crippen molar-refractivity contribution in [2.24, 2.45) is 0 Å². The summed E-state index contributed by atoms with van der Waals surface area (Å²) < 4.78 is 2.18. The summed E-state index contributed by atoms with van der Waals surface area (Å²) in [7, 11) is 0. The number of hydrogen-bond donors (Lipinski definition) is 1. The third-order valence-electron chi connectivity index (χ3n) is 3.32. The van der Waals surface area contributed by atoms with Crippen molar-refractivity contribution in [3.63, 3.8) is 0 Å². The number of nitrogens with zero attached hydrogens (tertiary/aromatic N) is 4. The van der Waals surface area contributed by atoms with E-state index in [1.807, 2.05) is 12.3 Å². The molecule has 1 heterocycles. The zero-order valence-electron chi connectivity index (χ0n) is 11.2. The topological polar surface area (TPSA) is 85.9 Å². The standard InChI is InChI=1S/C13H14BrN5O2/c14-13-9(2-1-3-12(13)19(20)21)7-18-8-11(16-17-18)6-15-10-4-5-10/h1-3,8,10,15H,4-7H2. The Labute approximate surface area is 129 Å². The van der Waals surface area contributed by atoms with E-state index < -0.39 is 4.92 Å². The van der Waals surface area contributed by atoms with Gasteiger partial charge in [0.2, 0.25) is 0 Å². The Morgan fingerprint density at radius 1 is 1.48 bits per heavy atom. The number of rotatable bonds is 6. The van der Waals surface area contributed by atoms with Crippen molar-refractivity contribution in [2.45, 2.75) is 32.0 Å². The van der Waals surface area contributed by atoms with Crippen LogP contribution in [0.1, 0.15) is 24.1 Å². The lowest BCUT2D eigenvalue weighted by molar-refractivity contribution is -0.385. The molecule has 0 amide bonds. The van der Waals surface area contributed by atoms with Crippen LogP contribution >= 0.6 is 15.9 Å². The maximum atomic E-state index is 10.9. The van der Waals surface area contributed by atoms with Gasteiger partial charge in [0.25, 0.3) is 5.69 Å². The minimum atomic E-state index is -0.403. The summed E-state index contributed by atoms with van der Waals surface area (Å²) >= 11 is 3.29. The normalized spacial score (nSPS) is 14.3. The van der Waals surface area contributed by atoms with E-state index in [1.54, 1.807) is 10.7 Å². The Morgan fingerprint density at radius 2 is 2.29 bits per heavy atom. The predicted octanol–water partition coefficient (Wildman–Crippen LogP) is 2.25. The van der Waals surface area contributed by atoms with E-state index in [9.17, 15) is 10.1 Å². The van der Waals surface area contributed by atoms with Gasteiger partial charge in [-0.25, -0.2) is 4.68 Å². The third-order valence-corrected chi connectivity index (χ3v) is 4.24. The number of aromatic nitrogens is 3. The smallest absolute Gasteiger partial charge is 0.283 e. The van der Waals surface area contributed by atoms with Gasteiger partial charge in [0.1, 0.15) is 4.47 Å². The van der Waals surface area contributed by atoms with Gasteiger partial charge < -0.3 is 5.32 Å². The summed E-state index contributed by atoms with van der Waals surface area (Å²) in [5, 5.41) is 22.5. The van der Waals surface area contributed by atoms with Crippen LogP contribution < -0.4 is 5.32 Å². The quantitative estimate of drug-likeness (QED) is 0.637. The third kappa shape index (κ3) is 3.45. The molecular formula is C13H14BrN5O2. The van der Waals surface area contributed by atoms with Gasteiger partial charge in [-0.2, -0.15) is 0 Å². The Morgan fingerprint density at radius 3 is 3.00 bits per heavy atom. The SMILES string of the molecule is O=[N+]([O-])c1cccc(Cn2cc(CNC3CC3)nn2)c1Br. The molecule has 0 unspecified atom stereocenters. The minimum Gasteiger partial charge on any atom is -0.308 e. The summed E-state index contributed by atoms with van der Waals surface area (Å²) in [6, 6.07) is 5.60. The predicted molar refractivity (Wildman–Crippen MR) is 79.8 cm³/mol. The molecule has 0 bridgehead atoms. The van der Waals surface area contributed by atoms with Crippen molar-refractivity contribution in [3.05, 3.63) is 50.2 Å². The van der Waals surface area contributed by atoms with Crippen LogP contribution in [0.2, 0.25) is 0 Å². The van der Waals surface area contributed by atoms with Crippen molar-refractivity contribution in [1.82, 2.24) is 20.3 Å². The first-order chi connectivity index (χ1) is 10.1. The van der Waals surface area contributed by atoms with E-state index in [4.69, 9.17) is 0 Å². The van der Waals surface area contributed by atoms with E-state index in [1.165, 1.54) is 18.9 Å². The van der Waals surface area contributed by atoms with E-state index >= 15 is 0 Å². The molecule has 0 spiro atoms. The maximum Gasteiger partial charge on any atom is 0.283 e. The van der Waals surface area contributed by atoms with Gasteiger partial charge in [-0.3, -0.25) is 10.1 Å². The van der Waals surface area contributed by atoms with Crippen molar-refractivity contribution in [2.75, 3.05) is 0 Å². The molecule has 0 atom stereocenters. The lowest BCUT2D eigenvalue weighted by atomic mass is 10.2. The van der Waals surface area contributed by atoms with Gasteiger partial charge in [0, 0.05) is 18.7 Å². The lowest BCUT2D eigenvalue weighted by Crippen LogP contribution is -2.15. The van der Waals surface area contributed by atoms with Crippen molar-refractivity contribution in [3.8, 4) is 0 Å². The molecule has 1 aromatic heterocycles. The van der Waals surface area contributed by atoms with Crippen LogP contribution in [0, 0.1) is 10.1 Å². The van der Waals surface area contributed by atoms with Gasteiger partial charge in [0.15, 0.2) is 0 Å². The molecule has 0 aliphatic heterocycles. The summed E-state index contributed by atoms with van der Waals surface area (Å²) in [6.07, 6.45) is 4.32. The fourth-order valence-electron chi connectivity index (χ4n) is 2.04. The molecule has 0 radical (unpaired) electrons. The van der Waals surface area contributed by atoms with Crippen molar-refractivity contribution in [1.29, 1.82) is 0 Å². The number of nitro groups is 1. The zero-order valence-corrected chi connectivity index (χ0v) is 12.8. The van der Waals surface area contributed by atoms with Crippen LogP contribution in [0.4, 0.5) is 5.69 Å². The molecule has 3 rings (SSSR count). The van der Waals surface area contributed by atoms with Crippen LogP contribution in [0.15, 0.2) is 28.9 Å². The summed E-state index contributed by atoms with van der Waals surface area (Å²) in [6.45, 7) is 1.15. The van der Waals surface area contributed by atoms with Gasteiger partial charge in [-0.1, -0.05) is 17.3 Å². The van der Waals surface area contributed by atoms with E-state index in [-0.39, 0.29) is 5.69 Å². The molecule has 21 heavy (non-hydrogen) atoms. The number of nitro benzene ring substituents is 1. The first-order valence-corrected chi connectivity index (χ1v) is 7.47. The molecule has 1 aliphatic carbocycles. The highest BCUT2D eigenvalue weighted by Gasteiger charge is 2.20. The highest BCUT2D eigenvalue weighted by molar-refractivity contribution is 9.10. The Hall–Kier alpha value is -1.80. The number of nitrogens with one attached hydrogen (secondary N) is 1. The fraction of sp³-hybridized carbons (Fsp3) is 0.385. The summed E-state index contributed by atoms with van der Waals surface area (Å²) in [5.41, 5.74) is 1.74. The maximum absolute atomic E-state index is 10.9. The summed E-state index contributed by atoms with van der Waals surface area (Å²) in [5.74, 6) is 0. The number of hydrogen-bond acceptors (Lipinski definition) is 5. The van der Waals surface area contributed by atoms with Crippen molar-refractivity contribution < 1.29 is 4.92 Å². The average molecular weight is 352 g/mol. The first kappa shape index (κ1) is 14.2. The minimum absolute atomic E-state index is 0.0586. The lowest BCUT2D eigenvalue weighted by Gasteiger charge is -2.04. The molecule has 1 N–H and O–H groups in total. The molecule has 7 nitrogen and oxygen atoms in total. The van der Waals surface area contributed by atoms with Crippen LogP contribution in [0.5, 0.6) is 0 Å². The van der Waals surface area contributed by atoms with E-state index in [2.05, 4.69) is 31.6 Å². The Balaban J connectivity index is 1.71. The molecule has 8 heteroatoms. The van der Waals surface area contributed by atoms with E-state index in [0.717, 1.165) is 11.3 Å².